The zero-order valence-electron chi connectivity index (χ0n) is 15.3. The first-order valence-corrected chi connectivity index (χ1v) is 9.76. The fourth-order valence-electron chi connectivity index (χ4n) is 3.38. The third-order valence-corrected chi connectivity index (χ3v) is 5.33. The van der Waals surface area contributed by atoms with Crippen molar-refractivity contribution in [1.82, 2.24) is 9.55 Å². The Bertz CT molecular complexity index is 1030. The highest BCUT2D eigenvalue weighted by atomic mass is 79.9. The van der Waals surface area contributed by atoms with Crippen LogP contribution in [0.4, 0.5) is 11.5 Å². The molecular weight excluding hydrogens is 420 g/mol. The minimum absolute atomic E-state index is 0.0495. The normalized spacial score (nSPS) is 16.4. The van der Waals surface area contributed by atoms with Crippen LogP contribution < -0.4 is 10.2 Å². The van der Waals surface area contributed by atoms with E-state index in [2.05, 4.69) is 26.2 Å². The van der Waals surface area contributed by atoms with E-state index in [1.807, 2.05) is 61.6 Å². The molecule has 0 unspecified atom stereocenters. The molecule has 28 heavy (non-hydrogen) atoms. The topological polar surface area (TPSA) is 67.2 Å². The predicted molar refractivity (Wildman–Crippen MR) is 112 cm³/mol. The Balaban J connectivity index is 1.53. The second-order valence-corrected chi connectivity index (χ2v) is 7.71. The van der Waals surface area contributed by atoms with Crippen LogP contribution in [0.25, 0.3) is 11.3 Å². The molecule has 3 aromatic rings. The molecule has 0 saturated carbocycles. The maximum absolute atomic E-state index is 12.9. The highest BCUT2D eigenvalue weighted by Crippen LogP contribution is 2.30. The molecule has 1 aromatic heterocycles. The van der Waals surface area contributed by atoms with Crippen molar-refractivity contribution < 1.29 is 9.59 Å². The summed E-state index contributed by atoms with van der Waals surface area (Å²) in [6, 6.07) is 17.2. The third kappa shape index (κ3) is 3.57. The number of anilines is 2. The van der Waals surface area contributed by atoms with Crippen LogP contribution in [0.3, 0.4) is 0 Å². The first kappa shape index (κ1) is 18.4. The summed E-state index contributed by atoms with van der Waals surface area (Å²) in [5, 5.41) is 2.98. The maximum atomic E-state index is 12.9. The molecule has 7 heteroatoms. The number of hydrogen-bond donors (Lipinski definition) is 1. The van der Waals surface area contributed by atoms with E-state index in [1.165, 1.54) is 0 Å². The van der Waals surface area contributed by atoms with Crippen LogP contribution in [0.15, 0.2) is 65.4 Å². The Labute approximate surface area is 171 Å². The summed E-state index contributed by atoms with van der Waals surface area (Å²) in [4.78, 5) is 31.5. The van der Waals surface area contributed by atoms with Gasteiger partial charge in [-0.1, -0.05) is 52.3 Å². The molecule has 2 amide bonds. The molecule has 0 aliphatic carbocycles. The largest absolute Gasteiger partial charge is 0.320 e. The van der Waals surface area contributed by atoms with Crippen molar-refractivity contribution in [2.45, 2.75) is 6.42 Å². The molecule has 0 radical (unpaired) electrons. The zero-order valence-corrected chi connectivity index (χ0v) is 16.9. The molecular formula is C21H19BrN4O2. The lowest BCUT2D eigenvalue weighted by Gasteiger charge is -2.17. The average Bonchev–Trinajstić information content (AvgIpc) is 3.26. The lowest BCUT2D eigenvalue weighted by atomic mass is 10.1. The van der Waals surface area contributed by atoms with E-state index in [1.54, 1.807) is 15.8 Å². The van der Waals surface area contributed by atoms with E-state index in [9.17, 15) is 9.59 Å². The van der Waals surface area contributed by atoms with Gasteiger partial charge >= 0.3 is 0 Å². The Kier molecular flexibility index (Phi) is 5.00. The van der Waals surface area contributed by atoms with Gasteiger partial charge in [0, 0.05) is 35.7 Å². The van der Waals surface area contributed by atoms with Gasteiger partial charge in [0.15, 0.2) is 0 Å². The lowest BCUT2D eigenvalue weighted by Crippen LogP contribution is -2.28. The van der Waals surface area contributed by atoms with Gasteiger partial charge in [0.1, 0.15) is 11.5 Å². The monoisotopic (exact) mass is 438 g/mol. The molecule has 0 spiro atoms. The molecule has 4 rings (SSSR count). The van der Waals surface area contributed by atoms with Crippen molar-refractivity contribution >= 4 is 39.2 Å². The molecule has 1 aliphatic heterocycles. The Morgan fingerprint density at radius 1 is 1.18 bits per heavy atom. The van der Waals surface area contributed by atoms with E-state index in [0.29, 0.717) is 18.1 Å². The van der Waals surface area contributed by atoms with Gasteiger partial charge in [-0.25, -0.2) is 4.98 Å². The van der Waals surface area contributed by atoms with Crippen LogP contribution in [-0.4, -0.2) is 27.9 Å². The lowest BCUT2D eigenvalue weighted by molar-refractivity contribution is -0.122. The van der Waals surface area contributed by atoms with Gasteiger partial charge in [-0.3, -0.25) is 9.59 Å². The molecule has 1 atom stereocenters. The van der Waals surface area contributed by atoms with Gasteiger partial charge in [-0.05, 0) is 18.2 Å². The van der Waals surface area contributed by atoms with Crippen LogP contribution in [0.1, 0.15) is 6.42 Å². The fraction of sp³-hybridized carbons (Fsp3) is 0.190. The molecule has 1 N–H and O–H groups in total. The number of rotatable bonds is 4. The van der Waals surface area contributed by atoms with Crippen LogP contribution in [0.5, 0.6) is 0 Å². The standard InChI is InChI=1S/C21H19BrN4O2/c1-25-13-23-19(14-6-3-2-4-7-14)20(25)24-21(28)15-10-18(27)26(12-15)17-9-5-8-16(22)11-17/h2-9,11,13,15H,10,12H2,1H3,(H,24,28)/t15-/m1/s1. The van der Waals surface area contributed by atoms with Gasteiger partial charge in [-0.15, -0.1) is 0 Å². The number of benzene rings is 2. The zero-order chi connectivity index (χ0) is 19.7. The molecule has 2 heterocycles. The minimum atomic E-state index is -0.412. The van der Waals surface area contributed by atoms with Crippen molar-refractivity contribution in [3.63, 3.8) is 0 Å². The predicted octanol–water partition coefficient (Wildman–Crippen LogP) is 3.84. The number of halogens is 1. The second-order valence-electron chi connectivity index (χ2n) is 6.79. The summed E-state index contributed by atoms with van der Waals surface area (Å²) in [6.45, 7) is 0.361. The second kappa shape index (κ2) is 7.59. The number of hydrogen-bond acceptors (Lipinski definition) is 3. The number of aromatic nitrogens is 2. The Hall–Kier alpha value is -2.93. The van der Waals surface area contributed by atoms with Gasteiger partial charge in [0.05, 0.1) is 12.2 Å². The van der Waals surface area contributed by atoms with Crippen LogP contribution >= 0.6 is 15.9 Å². The number of nitrogens with one attached hydrogen (secondary N) is 1. The third-order valence-electron chi connectivity index (χ3n) is 4.84. The van der Waals surface area contributed by atoms with Crippen LogP contribution in [-0.2, 0) is 16.6 Å². The van der Waals surface area contributed by atoms with Gasteiger partial charge in [0.25, 0.3) is 0 Å². The summed E-state index contributed by atoms with van der Waals surface area (Å²) in [5.74, 6) is -0.00673. The van der Waals surface area contributed by atoms with E-state index in [-0.39, 0.29) is 18.2 Å². The van der Waals surface area contributed by atoms with Crippen molar-refractivity contribution in [3.8, 4) is 11.3 Å². The molecule has 0 bridgehead atoms. The first-order valence-electron chi connectivity index (χ1n) is 8.96. The summed E-state index contributed by atoms with van der Waals surface area (Å²) in [5.41, 5.74) is 2.43. The van der Waals surface area contributed by atoms with Crippen molar-refractivity contribution in [1.29, 1.82) is 0 Å². The molecule has 1 saturated heterocycles. The average molecular weight is 439 g/mol. The first-order chi connectivity index (χ1) is 13.5. The molecule has 142 valence electrons. The Morgan fingerprint density at radius 2 is 1.96 bits per heavy atom. The summed E-state index contributed by atoms with van der Waals surface area (Å²) < 4.78 is 2.68. The maximum Gasteiger partial charge on any atom is 0.230 e. The van der Waals surface area contributed by atoms with Gasteiger partial charge < -0.3 is 14.8 Å². The highest BCUT2D eigenvalue weighted by molar-refractivity contribution is 9.10. The van der Waals surface area contributed by atoms with E-state index < -0.39 is 5.92 Å². The summed E-state index contributed by atoms with van der Waals surface area (Å²) in [7, 11) is 1.84. The number of imidazole rings is 1. The van der Waals surface area contributed by atoms with Crippen molar-refractivity contribution in [2.75, 3.05) is 16.8 Å². The fourth-order valence-corrected chi connectivity index (χ4v) is 3.77. The smallest absolute Gasteiger partial charge is 0.230 e. The van der Waals surface area contributed by atoms with Crippen molar-refractivity contribution in [3.05, 3.63) is 65.4 Å². The molecule has 1 aliphatic rings. The number of nitrogens with zero attached hydrogens (tertiary/aromatic N) is 3. The van der Waals surface area contributed by atoms with Gasteiger partial charge in [0.2, 0.25) is 11.8 Å². The van der Waals surface area contributed by atoms with E-state index in [0.717, 1.165) is 15.7 Å². The van der Waals surface area contributed by atoms with Crippen molar-refractivity contribution in [2.24, 2.45) is 13.0 Å². The molecule has 6 nitrogen and oxygen atoms in total. The molecule has 2 aromatic carbocycles. The van der Waals surface area contributed by atoms with Crippen LogP contribution in [0, 0.1) is 5.92 Å². The number of carbonyl (C=O) groups excluding carboxylic acids is 2. The van der Waals surface area contributed by atoms with E-state index >= 15 is 0 Å². The summed E-state index contributed by atoms with van der Waals surface area (Å²) >= 11 is 3.42. The number of carbonyl (C=O) groups is 2. The number of aryl methyl sites for hydroxylation is 1. The quantitative estimate of drug-likeness (QED) is 0.672. The minimum Gasteiger partial charge on any atom is -0.320 e. The molecule has 1 fully saturated rings. The Morgan fingerprint density at radius 3 is 2.71 bits per heavy atom. The van der Waals surface area contributed by atoms with Crippen LogP contribution in [0.2, 0.25) is 0 Å². The van der Waals surface area contributed by atoms with E-state index in [4.69, 9.17) is 0 Å². The SMILES string of the molecule is Cn1cnc(-c2ccccc2)c1NC(=O)[C@@H]1CC(=O)N(c2cccc(Br)c2)C1. The summed E-state index contributed by atoms with van der Waals surface area (Å²) in [6.07, 6.45) is 1.86. The highest BCUT2D eigenvalue weighted by Gasteiger charge is 2.35. The number of amides is 2. The van der Waals surface area contributed by atoms with Gasteiger partial charge in [-0.2, -0.15) is 0 Å².